The molecule has 0 unspecified atom stereocenters. The number of hydrogen-bond donors (Lipinski definition) is 1. The van der Waals surface area contributed by atoms with Crippen LogP contribution in [0.1, 0.15) is 0 Å². The molecule has 2 N–H and O–H groups in total. The van der Waals surface area contributed by atoms with Crippen molar-refractivity contribution < 1.29 is 4.52 Å². The molecule has 1 heterocycles. The molecule has 1 aromatic carbocycles. The van der Waals surface area contributed by atoms with Crippen LogP contribution in [0.4, 0.5) is 5.69 Å². The normalized spacial score (nSPS) is 10.4. The number of rotatable bonds is 0. The Kier molecular flexibility index (Phi) is 0.887. The van der Waals surface area contributed by atoms with Crippen LogP contribution >= 0.6 is 0 Å². The van der Waals surface area contributed by atoms with Gasteiger partial charge in [0.05, 0.1) is 0 Å². The Labute approximate surface area is 56.6 Å². The summed E-state index contributed by atoms with van der Waals surface area (Å²) in [5.74, 6) is 0. The molecule has 0 atom stereocenters. The van der Waals surface area contributed by atoms with Crippen molar-refractivity contribution in [3.05, 3.63) is 18.2 Å². The van der Waals surface area contributed by atoms with E-state index in [4.69, 9.17) is 10.3 Å². The van der Waals surface area contributed by atoms with E-state index >= 15 is 0 Å². The van der Waals surface area contributed by atoms with Crippen LogP contribution in [0.5, 0.6) is 0 Å². The number of nitrogens with zero attached hydrogens (tertiary/aromatic N) is 2. The highest BCUT2D eigenvalue weighted by Crippen LogP contribution is 2.12. The summed E-state index contributed by atoms with van der Waals surface area (Å²) < 4.78 is 4.76. The first-order valence-electron chi connectivity index (χ1n) is 2.84. The molecule has 4 heteroatoms. The van der Waals surface area contributed by atoms with Crippen molar-refractivity contribution in [2.24, 2.45) is 0 Å². The molecular weight excluding hydrogens is 130 g/mol. The average molecular weight is 135 g/mol. The molecule has 1 aromatic heterocycles. The fourth-order valence-electron chi connectivity index (χ4n) is 0.798. The summed E-state index contributed by atoms with van der Waals surface area (Å²) in [6, 6.07) is 5.20. The van der Waals surface area contributed by atoms with Crippen LogP contribution in [-0.4, -0.2) is 10.4 Å². The highest BCUT2D eigenvalue weighted by atomic mass is 16.5. The first-order valence-corrected chi connectivity index (χ1v) is 2.84. The summed E-state index contributed by atoms with van der Waals surface area (Å²) in [5, 5.41) is 7.04. The molecule has 2 aromatic rings. The smallest absolute Gasteiger partial charge is 0.187 e. The van der Waals surface area contributed by atoms with E-state index in [2.05, 4.69) is 10.4 Å². The second-order valence-corrected chi connectivity index (χ2v) is 2.00. The van der Waals surface area contributed by atoms with Crippen molar-refractivity contribution in [2.45, 2.75) is 0 Å². The lowest BCUT2D eigenvalue weighted by atomic mass is 10.3. The van der Waals surface area contributed by atoms with Crippen LogP contribution in [0.15, 0.2) is 22.7 Å². The van der Waals surface area contributed by atoms with E-state index in [1.165, 1.54) is 0 Å². The van der Waals surface area contributed by atoms with Gasteiger partial charge in [0.2, 0.25) is 0 Å². The topological polar surface area (TPSA) is 64.9 Å². The zero-order valence-electron chi connectivity index (χ0n) is 5.11. The maximum Gasteiger partial charge on any atom is 0.187 e. The zero-order valence-corrected chi connectivity index (χ0v) is 5.11. The molecule has 0 saturated heterocycles. The lowest BCUT2D eigenvalue weighted by Gasteiger charge is -1.86. The van der Waals surface area contributed by atoms with Gasteiger partial charge in [-0.3, -0.25) is 0 Å². The third-order valence-electron chi connectivity index (χ3n) is 1.27. The van der Waals surface area contributed by atoms with E-state index in [-0.39, 0.29) is 0 Å². The molecule has 0 aliphatic heterocycles. The third-order valence-corrected chi connectivity index (χ3v) is 1.27. The van der Waals surface area contributed by atoms with Crippen molar-refractivity contribution >= 4 is 16.8 Å². The number of nitrogen functional groups attached to an aromatic ring is 1. The van der Waals surface area contributed by atoms with E-state index < -0.39 is 0 Å². The predicted octanol–water partition coefficient (Wildman–Crippen LogP) is 0.805. The highest BCUT2D eigenvalue weighted by Gasteiger charge is 1.97. The van der Waals surface area contributed by atoms with Gasteiger partial charge in [-0.2, -0.15) is 0 Å². The van der Waals surface area contributed by atoms with Crippen LogP contribution in [-0.2, 0) is 0 Å². The van der Waals surface area contributed by atoms with Gasteiger partial charge in [-0.25, -0.2) is 0 Å². The van der Waals surface area contributed by atoms with E-state index in [9.17, 15) is 0 Å². The maximum atomic E-state index is 5.47. The molecule has 0 radical (unpaired) electrons. The Hall–Kier alpha value is -1.58. The molecule has 0 spiro atoms. The monoisotopic (exact) mass is 135 g/mol. The predicted molar refractivity (Wildman–Crippen MR) is 36.2 cm³/mol. The molecule has 10 heavy (non-hydrogen) atoms. The Morgan fingerprint density at radius 1 is 1.40 bits per heavy atom. The summed E-state index contributed by atoms with van der Waals surface area (Å²) in [4.78, 5) is 0. The Morgan fingerprint density at radius 3 is 3.20 bits per heavy atom. The first kappa shape index (κ1) is 5.22. The van der Waals surface area contributed by atoms with Crippen LogP contribution in [0.2, 0.25) is 0 Å². The number of benzene rings is 1. The van der Waals surface area contributed by atoms with E-state index in [0.29, 0.717) is 16.8 Å². The van der Waals surface area contributed by atoms with Gasteiger partial charge in [0.25, 0.3) is 0 Å². The van der Waals surface area contributed by atoms with E-state index in [1.807, 2.05) is 0 Å². The van der Waals surface area contributed by atoms with E-state index in [1.54, 1.807) is 18.2 Å². The van der Waals surface area contributed by atoms with Gasteiger partial charge < -0.3 is 10.3 Å². The van der Waals surface area contributed by atoms with Gasteiger partial charge >= 0.3 is 0 Å². The van der Waals surface area contributed by atoms with Gasteiger partial charge in [-0.05, 0) is 18.2 Å². The summed E-state index contributed by atoms with van der Waals surface area (Å²) >= 11 is 0. The molecule has 0 amide bonds. The number of fused-ring (bicyclic) bond motifs is 1. The summed E-state index contributed by atoms with van der Waals surface area (Å²) in [5.41, 5.74) is 7.50. The number of aromatic nitrogens is 2. The fraction of sp³-hybridized carbons (Fsp3) is 0. The second kappa shape index (κ2) is 1.70. The molecule has 0 fully saturated rings. The molecule has 2 rings (SSSR count). The number of hydrogen-bond acceptors (Lipinski definition) is 4. The van der Waals surface area contributed by atoms with Crippen molar-refractivity contribution in [1.82, 2.24) is 10.4 Å². The molecule has 50 valence electrons. The van der Waals surface area contributed by atoms with Crippen LogP contribution in [0.3, 0.4) is 0 Å². The largest absolute Gasteiger partial charge is 0.399 e. The lowest BCUT2D eigenvalue weighted by molar-refractivity contribution is 0.424. The summed E-state index contributed by atoms with van der Waals surface area (Å²) in [6.45, 7) is 0. The summed E-state index contributed by atoms with van der Waals surface area (Å²) in [6.07, 6.45) is 0. The van der Waals surface area contributed by atoms with Gasteiger partial charge in [-0.15, -0.1) is 5.10 Å². The van der Waals surface area contributed by atoms with Gasteiger partial charge in [0, 0.05) is 11.0 Å². The van der Waals surface area contributed by atoms with E-state index in [0.717, 1.165) is 0 Å². The number of nitrogens with two attached hydrogens (primary N) is 1. The minimum atomic E-state index is 0.661. The molecule has 4 nitrogen and oxygen atoms in total. The first-order chi connectivity index (χ1) is 4.86. The maximum absolute atomic E-state index is 5.47. The van der Waals surface area contributed by atoms with Crippen LogP contribution in [0, 0.1) is 0 Å². The standard InChI is InChI=1S/C6H5N3O/c7-4-1-2-6-5(3-4)8-9-10-6/h1-3H,7H2. The lowest BCUT2D eigenvalue weighted by Crippen LogP contribution is -1.81. The van der Waals surface area contributed by atoms with Crippen molar-refractivity contribution in [2.75, 3.05) is 5.73 Å². The molecule has 0 bridgehead atoms. The van der Waals surface area contributed by atoms with Gasteiger partial charge in [0.1, 0.15) is 5.52 Å². The van der Waals surface area contributed by atoms with Crippen LogP contribution in [0.25, 0.3) is 11.1 Å². The SMILES string of the molecule is Nc1ccc2onnc2c1. The molecule has 0 saturated carbocycles. The minimum Gasteiger partial charge on any atom is -0.399 e. The Balaban J connectivity index is 2.86. The van der Waals surface area contributed by atoms with Crippen molar-refractivity contribution in [3.63, 3.8) is 0 Å². The third kappa shape index (κ3) is 0.621. The Morgan fingerprint density at radius 2 is 2.30 bits per heavy atom. The summed E-state index contributed by atoms with van der Waals surface area (Å²) in [7, 11) is 0. The van der Waals surface area contributed by atoms with Crippen molar-refractivity contribution in [3.8, 4) is 0 Å². The zero-order chi connectivity index (χ0) is 6.97. The molecule has 0 aliphatic rings. The van der Waals surface area contributed by atoms with Gasteiger partial charge in [0.15, 0.2) is 5.58 Å². The second-order valence-electron chi connectivity index (χ2n) is 2.00. The van der Waals surface area contributed by atoms with Gasteiger partial charge in [-0.1, -0.05) is 0 Å². The average Bonchev–Trinajstić information content (AvgIpc) is 2.33. The fourth-order valence-corrected chi connectivity index (χ4v) is 0.798. The molecular formula is C6H5N3O. The number of anilines is 1. The molecule has 0 aliphatic carbocycles. The van der Waals surface area contributed by atoms with Crippen molar-refractivity contribution in [1.29, 1.82) is 0 Å². The quantitative estimate of drug-likeness (QED) is 0.543. The van der Waals surface area contributed by atoms with Crippen LogP contribution < -0.4 is 5.73 Å². The minimum absolute atomic E-state index is 0.661. The Bertz CT molecular complexity index is 355. The highest BCUT2D eigenvalue weighted by molar-refractivity contribution is 5.75.